The maximum atomic E-state index is 13.8. The van der Waals surface area contributed by atoms with E-state index < -0.39 is 6.04 Å². The van der Waals surface area contributed by atoms with E-state index in [4.69, 9.17) is 23.2 Å². The lowest BCUT2D eigenvalue weighted by Crippen LogP contribution is -2.51. The fourth-order valence-corrected chi connectivity index (χ4v) is 4.47. The average molecular weight is 540 g/mol. The van der Waals surface area contributed by atoms with E-state index >= 15 is 0 Å². The molecule has 6 heteroatoms. The normalized spacial score (nSPS) is 11.8. The molecular weight excluding hydrogens is 503 g/mol. The van der Waals surface area contributed by atoms with Crippen LogP contribution in [0, 0.1) is 5.92 Å². The Hall–Kier alpha value is -2.82. The minimum absolute atomic E-state index is 0.0775. The van der Waals surface area contributed by atoms with Gasteiger partial charge in [0.1, 0.15) is 6.04 Å². The molecule has 0 aromatic heterocycles. The van der Waals surface area contributed by atoms with E-state index in [1.165, 1.54) is 5.56 Å². The highest BCUT2D eigenvalue weighted by molar-refractivity contribution is 6.42. The maximum Gasteiger partial charge on any atom is 0.243 e. The Bertz CT molecular complexity index is 1160. The predicted octanol–water partition coefficient (Wildman–Crippen LogP) is 6.90. The van der Waals surface area contributed by atoms with Gasteiger partial charge in [0.25, 0.3) is 0 Å². The number of halogens is 2. The molecule has 0 fully saturated rings. The fraction of sp³-hybridized carbons (Fsp3) is 0.355. The van der Waals surface area contributed by atoms with Gasteiger partial charge in [-0.3, -0.25) is 9.59 Å². The van der Waals surface area contributed by atoms with Gasteiger partial charge in [-0.1, -0.05) is 105 Å². The summed E-state index contributed by atoms with van der Waals surface area (Å²) in [6.45, 7) is 7.03. The minimum Gasteiger partial charge on any atom is -0.354 e. The van der Waals surface area contributed by atoms with Crippen molar-refractivity contribution in [3.63, 3.8) is 0 Å². The number of hydrogen-bond acceptors (Lipinski definition) is 2. The van der Waals surface area contributed by atoms with Crippen molar-refractivity contribution in [3.05, 3.63) is 105 Å². The molecule has 3 rings (SSSR count). The van der Waals surface area contributed by atoms with Gasteiger partial charge in [0.2, 0.25) is 11.8 Å². The number of carbonyl (C=O) groups excluding carboxylic acids is 2. The fourth-order valence-electron chi connectivity index (χ4n) is 4.15. The van der Waals surface area contributed by atoms with Crippen LogP contribution in [0.1, 0.15) is 49.4 Å². The quantitative estimate of drug-likeness (QED) is 0.272. The molecule has 0 saturated heterocycles. The van der Waals surface area contributed by atoms with Crippen LogP contribution in [0.4, 0.5) is 0 Å². The first kappa shape index (κ1) is 28.7. The molecule has 196 valence electrons. The summed E-state index contributed by atoms with van der Waals surface area (Å²) in [4.78, 5) is 29.0. The van der Waals surface area contributed by atoms with Gasteiger partial charge in [-0.05, 0) is 53.1 Å². The Kier molecular flexibility index (Phi) is 11.0. The number of aryl methyl sites for hydroxylation is 2. The number of carbonyl (C=O) groups is 2. The van der Waals surface area contributed by atoms with Crippen LogP contribution < -0.4 is 5.32 Å². The van der Waals surface area contributed by atoms with Crippen LogP contribution in [-0.4, -0.2) is 29.3 Å². The van der Waals surface area contributed by atoms with Crippen LogP contribution in [-0.2, 0) is 35.4 Å². The van der Waals surface area contributed by atoms with Gasteiger partial charge in [0, 0.05) is 25.9 Å². The Morgan fingerprint density at radius 2 is 1.49 bits per heavy atom. The highest BCUT2D eigenvalue weighted by Gasteiger charge is 2.30. The zero-order valence-corrected chi connectivity index (χ0v) is 23.4. The molecule has 0 unspecified atom stereocenters. The third-order valence-electron chi connectivity index (χ3n) is 6.35. The Balaban J connectivity index is 1.90. The Labute approximate surface area is 231 Å². The van der Waals surface area contributed by atoms with Crippen molar-refractivity contribution in [2.45, 2.75) is 59.0 Å². The van der Waals surface area contributed by atoms with E-state index in [9.17, 15) is 9.59 Å². The first-order chi connectivity index (χ1) is 17.8. The van der Waals surface area contributed by atoms with E-state index in [2.05, 4.69) is 50.4 Å². The van der Waals surface area contributed by atoms with Crippen LogP contribution in [0.5, 0.6) is 0 Å². The zero-order chi connectivity index (χ0) is 26.8. The van der Waals surface area contributed by atoms with Crippen molar-refractivity contribution >= 4 is 35.0 Å². The minimum atomic E-state index is -0.662. The third kappa shape index (κ3) is 8.91. The summed E-state index contributed by atoms with van der Waals surface area (Å²) in [7, 11) is 0. The van der Waals surface area contributed by atoms with Crippen molar-refractivity contribution in [2.75, 3.05) is 6.54 Å². The van der Waals surface area contributed by atoms with Crippen LogP contribution in [0.15, 0.2) is 72.8 Å². The van der Waals surface area contributed by atoms with E-state index in [0.29, 0.717) is 41.8 Å². The maximum absolute atomic E-state index is 13.8. The standard InChI is InChI=1S/C31H36Cl2N2O2/c1-4-23-10-12-24(13-11-23)15-17-30(36)35(21-26-14-16-27(32)28(33)18-26)29(31(37)34-20-22(2)3)19-25-8-6-5-7-9-25/h5-14,16,18,22,29H,4,15,17,19-21H2,1-3H3,(H,34,37)/t29-/m1/s1. The lowest BCUT2D eigenvalue weighted by molar-refractivity contribution is -0.141. The first-order valence-electron chi connectivity index (χ1n) is 12.9. The smallest absolute Gasteiger partial charge is 0.243 e. The summed E-state index contributed by atoms with van der Waals surface area (Å²) >= 11 is 12.4. The first-order valence-corrected chi connectivity index (χ1v) is 13.6. The molecule has 0 bridgehead atoms. The lowest BCUT2D eigenvalue weighted by Gasteiger charge is -2.32. The molecule has 0 radical (unpaired) electrons. The molecule has 0 heterocycles. The molecule has 0 aliphatic heterocycles. The zero-order valence-electron chi connectivity index (χ0n) is 21.8. The monoisotopic (exact) mass is 538 g/mol. The van der Waals surface area contributed by atoms with E-state index in [-0.39, 0.29) is 18.4 Å². The van der Waals surface area contributed by atoms with Gasteiger partial charge in [-0.15, -0.1) is 0 Å². The Morgan fingerprint density at radius 1 is 0.838 bits per heavy atom. The summed E-state index contributed by atoms with van der Waals surface area (Å²) in [5, 5.41) is 3.93. The second-order valence-electron chi connectivity index (χ2n) is 9.78. The van der Waals surface area contributed by atoms with E-state index in [1.807, 2.05) is 36.4 Å². The molecule has 1 atom stereocenters. The molecule has 0 spiro atoms. The molecule has 37 heavy (non-hydrogen) atoms. The highest BCUT2D eigenvalue weighted by atomic mass is 35.5. The molecular formula is C31H36Cl2N2O2. The number of nitrogens with one attached hydrogen (secondary N) is 1. The van der Waals surface area contributed by atoms with Crippen LogP contribution >= 0.6 is 23.2 Å². The topological polar surface area (TPSA) is 49.4 Å². The summed E-state index contributed by atoms with van der Waals surface area (Å²) in [5.74, 6) is 0.0659. The number of nitrogens with zero attached hydrogens (tertiary/aromatic N) is 1. The lowest BCUT2D eigenvalue weighted by atomic mass is 10.0. The highest BCUT2D eigenvalue weighted by Crippen LogP contribution is 2.25. The summed E-state index contributed by atoms with van der Waals surface area (Å²) < 4.78 is 0. The second kappa shape index (κ2) is 14.2. The average Bonchev–Trinajstić information content (AvgIpc) is 2.90. The van der Waals surface area contributed by atoms with Crippen molar-refractivity contribution in [1.29, 1.82) is 0 Å². The van der Waals surface area contributed by atoms with E-state index in [1.54, 1.807) is 17.0 Å². The number of hydrogen-bond donors (Lipinski definition) is 1. The largest absolute Gasteiger partial charge is 0.354 e. The Morgan fingerprint density at radius 3 is 2.11 bits per heavy atom. The molecule has 4 nitrogen and oxygen atoms in total. The molecule has 1 N–H and O–H groups in total. The predicted molar refractivity (Wildman–Crippen MR) is 153 cm³/mol. The van der Waals surface area contributed by atoms with Gasteiger partial charge in [-0.2, -0.15) is 0 Å². The van der Waals surface area contributed by atoms with Crippen LogP contribution in [0.25, 0.3) is 0 Å². The van der Waals surface area contributed by atoms with Gasteiger partial charge >= 0.3 is 0 Å². The summed E-state index contributed by atoms with van der Waals surface area (Å²) in [6, 6.07) is 22.8. The van der Waals surface area contributed by atoms with Crippen LogP contribution in [0.2, 0.25) is 10.0 Å². The molecule has 3 aromatic rings. The van der Waals surface area contributed by atoms with Gasteiger partial charge in [0.05, 0.1) is 10.0 Å². The number of benzene rings is 3. The van der Waals surface area contributed by atoms with Crippen molar-refractivity contribution in [3.8, 4) is 0 Å². The van der Waals surface area contributed by atoms with Gasteiger partial charge in [-0.25, -0.2) is 0 Å². The summed E-state index contributed by atoms with van der Waals surface area (Å²) in [6.07, 6.45) is 2.30. The van der Waals surface area contributed by atoms with Crippen molar-refractivity contribution < 1.29 is 9.59 Å². The second-order valence-corrected chi connectivity index (χ2v) is 10.6. The van der Waals surface area contributed by atoms with Gasteiger partial charge < -0.3 is 10.2 Å². The molecule has 2 amide bonds. The SMILES string of the molecule is CCc1ccc(CCC(=O)N(Cc2ccc(Cl)c(Cl)c2)[C@H](Cc2ccccc2)C(=O)NCC(C)C)cc1. The molecule has 0 saturated carbocycles. The van der Waals surface area contributed by atoms with Gasteiger partial charge in [0.15, 0.2) is 0 Å². The number of amides is 2. The van der Waals surface area contributed by atoms with Crippen molar-refractivity contribution in [1.82, 2.24) is 10.2 Å². The molecule has 0 aliphatic carbocycles. The third-order valence-corrected chi connectivity index (χ3v) is 7.09. The molecule has 3 aromatic carbocycles. The molecule has 0 aliphatic rings. The van der Waals surface area contributed by atoms with E-state index in [0.717, 1.165) is 23.1 Å². The number of rotatable bonds is 12. The van der Waals surface area contributed by atoms with Crippen molar-refractivity contribution in [2.24, 2.45) is 5.92 Å². The summed E-state index contributed by atoms with van der Waals surface area (Å²) in [5.41, 5.74) is 4.18. The van der Waals surface area contributed by atoms with Crippen LogP contribution in [0.3, 0.4) is 0 Å².